The van der Waals surface area contributed by atoms with Crippen LogP contribution < -0.4 is 83.0 Å². The van der Waals surface area contributed by atoms with Crippen molar-refractivity contribution in [2.24, 2.45) is 11.8 Å². The predicted molar refractivity (Wildman–Crippen MR) is 481 cm³/mol. The molecule has 4 unspecified atom stereocenters. The van der Waals surface area contributed by atoms with Crippen LogP contribution in [0.25, 0.3) is 0 Å². The van der Waals surface area contributed by atoms with Crippen molar-refractivity contribution in [3.63, 3.8) is 0 Å². The molecule has 35 heteroatoms. The first kappa shape index (κ1) is 95.5. The van der Waals surface area contributed by atoms with Crippen LogP contribution >= 0.6 is 23.5 Å². The highest BCUT2D eigenvalue weighted by atomic mass is 32.2. The summed E-state index contributed by atoms with van der Waals surface area (Å²) in [6.07, 6.45) is 30.6. The first-order valence-corrected chi connectivity index (χ1v) is 49.3. The van der Waals surface area contributed by atoms with E-state index < -0.39 is 0 Å². The van der Waals surface area contributed by atoms with Crippen molar-refractivity contribution in [3.8, 4) is 0 Å². The van der Waals surface area contributed by atoms with Gasteiger partial charge in [-0.1, -0.05) is 51.9 Å². The fourth-order valence-electron chi connectivity index (χ4n) is 18.9. The van der Waals surface area contributed by atoms with E-state index in [1.54, 1.807) is 6.92 Å². The monoisotopic (exact) mass is 1750 g/mol. The summed E-state index contributed by atoms with van der Waals surface area (Å²) < 4.78 is 0. The minimum Gasteiger partial charge on any atom is -0.356 e. The van der Waals surface area contributed by atoms with Crippen molar-refractivity contribution in [3.05, 3.63) is 5.82 Å². The molecule has 2 aromatic heterocycles. The molecule has 1 saturated carbocycles. The zero-order chi connectivity index (χ0) is 86.8. The number of aromatic nitrogens is 6. The van der Waals surface area contributed by atoms with Crippen LogP contribution in [0.15, 0.2) is 0 Å². The summed E-state index contributed by atoms with van der Waals surface area (Å²) in [7, 11) is 0. The fraction of sp³-hybridized carbons (Fsp3) is 0.807. The second-order valence-corrected chi connectivity index (χ2v) is 38.7. The number of unbranched alkanes of at least 4 members (excludes halogenated alkanes) is 10. The Morgan fingerprint density at radius 2 is 0.740 bits per heavy atom. The molecule has 9 aliphatic heterocycles. The van der Waals surface area contributed by atoms with Crippen LogP contribution in [-0.2, 0) is 43.2 Å². The number of Topliss-reactive ketones (excluding diaryl/α,β-unsaturated/α-hetero) is 2. The van der Waals surface area contributed by atoms with Crippen molar-refractivity contribution in [1.82, 2.24) is 88.4 Å². The summed E-state index contributed by atoms with van der Waals surface area (Å²) in [6, 6.07) is 1.27. The number of thioether (sulfide) groups is 2. The van der Waals surface area contributed by atoms with Crippen LogP contribution in [0.5, 0.6) is 0 Å². The molecule has 12 rings (SSSR count). The van der Waals surface area contributed by atoms with Gasteiger partial charge < -0.3 is 87.8 Å². The molecule has 9 saturated heterocycles. The van der Waals surface area contributed by atoms with Gasteiger partial charge in [0.25, 0.3) is 0 Å². The Kier molecular flexibility index (Phi) is 39.1. The number of nitrogens with zero attached hydrogens (tertiary/aromatic N) is 11. The second kappa shape index (κ2) is 50.3. The SMILES string of the molecule is CC(=O)CCCCCCC(=O)NC1CCN(c2nc(N3CCC(NC(=O)CCCCCNC(=O)CCCC[C@@H]4SCC5NC(=O)NC54)CC3)nc(N3CCC(NC(=O)C4CCN(c5nc(C6CCC(NC(=O)CCCCCNC(C)=O)CC6)nc(N6CCC(CC(=O)CCCCCNC(C)=O)CC6)n5)CC4)CC3)n2)CC1.CCC[C@@H]1SCC2NC(=O)NC21. The highest BCUT2D eigenvalue weighted by Gasteiger charge is 2.44. The van der Waals surface area contributed by atoms with Gasteiger partial charge in [0.1, 0.15) is 17.4 Å². The highest BCUT2D eigenvalue weighted by Crippen LogP contribution is 2.38. The zero-order valence-corrected chi connectivity index (χ0v) is 75.5. The summed E-state index contributed by atoms with van der Waals surface area (Å²) in [5.41, 5.74) is 0. The largest absolute Gasteiger partial charge is 0.356 e. The highest BCUT2D eigenvalue weighted by molar-refractivity contribution is 8.00. The Hall–Kier alpha value is -8.11. The van der Waals surface area contributed by atoms with Crippen molar-refractivity contribution in [2.45, 2.75) is 343 Å². The average Bonchev–Trinajstić information content (AvgIpc) is 1.76. The fourth-order valence-corrected chi connectivity index (χ4v) is 22.1. The number of hydrogen-bond donors (Lipinski definition) is 11. The van der Waals surface area contributed by atoms with E-state index in [1.807, 2.05) is 23.5 Å². The molecule has 0 radical (unpaired) electrons. The number of amides is 11. The molecule has 10 aliphatic rings. The van der Waals surface area contributed by atoms with Gasteiger partial charge in [0.15, 0.2) is 0 Å². The molecule has 0 aromatic carbocycles. The number of hydrogen-bond acceptors (Lipinski definition) is 24. The zero-order valence-electron chi connectivity index (χ0n) is 73.9. The van der Waals surface area contributed by atoms with Gasteiger partial charge in [0.05, 0.1) is 24.2 Å². The summed E-state index contributed by atoms with van der Waals surface area (Å²) in [5.74, 6) is 6.84. The Bertz CT molecular complexity index is 3670. The Labute approximate surface area is 737 Å². The van der Waals surface area contributed by atoms with E-state index in [2.05, 4.69) is 89.9 Å². The topological polar surface area (TPSA) is 414 Å². The molecule has 684 valence electrons. The van der Waals surface area contributed by atoms with E-state index in [0.717, 1.165) is 210 Å². The van der Waals surface area contributed by atoms with Crippen LogP contribution in [0.2, 0.25) is 0 Å². The smallest absolute Gasteiger partial charge is 0.315 e. The Morgan fingerprint density at radius 3 is 1.18 bits per heavy atom. The number of rotatable bonds is 45. The number of nitrogens with one attached hydrogen (secondary N) is 11. The molecule has 1 aliphatic carbocycles. The number of piperidine rings is 5. The lowest BCUT2D eigenvalue weighted by Crippen LogP contribution is -2.49. The molecule has 11 N–H and O–H groups in total. The summed E-state index contributed by atoms with van der Waals surface area (Å²) >= 11 is 3.88. The molecule has 11 amide bonds. The maximum atomic E-state index is 14.3. The Balaban J connectivity index is 0.00000112. The van der Waals surface area contributed by atoms with Crippen LogP contribution in [0, 0.1) is 11.8 Å². The normalized spacial score (nSPS) is 23.3. The standard InChI is InChI=1S/C80H130N20O10S.C8H14N2OS/c1-55(101)19-9-4-5-11-23-70(107)85-62-34-47-98(48-35-62)77-93-78(99-49-36-63(37-50-99)86-71(108)25-13-8-18-42-83-68(105)22-15-14-21-67-72-66(54-111-67)88-80(110)89-72)95-79(94-77)100-51-38-64(39-52-100)87-74(109)60-32-45-97(46-33-60)76-91-73(59-26-28-61(29-27-59)84-69(106)24-12-7-17-41-82-57(3)103)90-75(92-76)96-43-30-58(31-44-96)53-65(104)20-10-6-16-40-81-56(2)102;1-2-3-6-7-5(4-12-6)9-8(11)10-7/h58-64,66-67,72H,4-54H2,1-3H3,(H,81,102)(H,82,103)(H,83,105)(H,84,106)(H,85,107)(H,86,108)(H,87,109)(H2,88,89,110);5-7H,2-4H2,1H3,(H2,9,10,11)/t59?,61?,66?,67-,72?;5?,6-,7?/m00/s1. The number of carbonyl (C=O) groups is 11. The van der Waals surface area contributed by atoms with Gasteiger partial charge >= 0.3 is 12.1 Å². The van der Waals surface area contributed by atoms with Crippen molar-refractivity contribution >= 4 is 118 Å². The van der Waals surface area contributed by atoms with Gasteiger partial charge in [-0.15, -0.1) is 0 Å². The lowest BCUT2D eigenvalue weighted by molar-refractivity contribution is -0.126. The lowest BCUT2D eigenvalue weighted by atomic mass is 9.85. The molecule has 10 fully saturated rings. The Morgan fingerprint density at radius 1 is 0.374 bits per heavy atom. The van der Waals surface area contributed by atoms with E-state index >= 15 is 0 Å². The molecule has 2 aromatic rings. The molecular weight excluding hydrogens is 1610 g/mol. The van der Waals surface area contributed by atoms with Crippen molar-refractivity contribution < 1.29 is 52.7 Å². The predicted octanol–water partition coefficient (Wildman–Crippen LogP) is 8.22. The minimum absolute atomic E-state index is 0.0198. The quantitative estimate of drug-likeness (QED) is 0.0220. The van der Waals surface area contributed by atoms with E-state index in [0.29, 0.717) is 194 Å². The van der Waals surface area contributed by atoms with E-state index in [4.69, 9.17) is 29.9 Å². The van der Waals surface area contributed by atoms with Gasteiger partial charge in [-0.25, -0.2) is 9.59 Å². The lowest BCUT2D eigenvalue weighted by Gasteiger charge is -2.37. The third kappa shape index (κ3) is 31.8. The molecule has 123 heavy (non-hydrogen) atoms. The molecule has 0 bridgehead atoms. The van der Waals surface area contributed by atoms with Crippen molar-refractivity contribution in [2.75, 3.05) is 121 Å². The van der Waals surface area contributed by atoms with Crippen LogP contribution in [0.1, 0.15) is 290 Å². The molecule has 11 heterocycles. The van der Waals surface area contributed by atoms with Gasteiger partial charge in [-0.2, -0.15) is 53.4 Å². The summed E-state index contributed by atoms with van der Waals surface area (Å²) in [5, 5.41) is 35.0. The summed E-state index contributed by atoms with van der Waals surface area (Å²) in [6.45, 7) is 15.4. The number of ketones is 2. The van der Waals surface area contributed by atoms with Crippen molar-refractivity contribution in [1.29, 1.82) is 0 Å². The van der Waals surface area contributed by atoms with Gasteiger partial charge in [0.2, 0.25) is 71.1 Å². The second-order valence-electron chi connectivity index (χ2n) is 36.1. The van der Waals surface area contributed by atoms with E-state index in [-0.39, 0.29) is 107 Å². The van der Waals surface area contributed by atoms with Crippen LogP contribution in [-0.4, -0.2) is 250 Å². The van der Waals surface area contributed by atoms with Gasteiger partial charge in [-0.05, 0) is 173 Å². The number of carbonyl (C=O) groups excluding carboxylic acids is 11. The number of anilines is 5. The van der Waals surface area contributed by atoms with Crippen LogP contribution in [0.4, 0.5) is 39.3 Å². The number of fused-ring (bicyclic) bond motifs is 2. The van der Waals surface area contributed by atoms with Gasteiger partial charge in [0, 0.05) is 202 Å². The maximum Gasteiger partial charge on any atom is 0.315 e. The molecule has 33 nitrogen and oxygen atoms in total. The third-order valence-corrected chi connectivity index (χ3v) is 29.3. The summed E-state index contributed by atoms with van der Waals surface area (Å²) in [4.78, 5) is 178. The van der Waals surface area contributed by atoms with E-state index in [9.17, 15) is 52.7 Å². The molecule has 6 atom stereocenters. The molecule has 0 spiro atoms. The van der Waals surface area contributed by atoms with Crippen LogP contribution in [0.3, 0.4) is 0 Å². The third-order valence-electron chi connectivity index (χ3n) is 26.3. The van der Waals surface area contributed by atoms with Gasteiger partial charge in [-0.3, -0.25) is 38.4 Å². The first-order chi connectivity index (χ1) is 59.6. The molecular formula is C88H144N22O11S2. The van der Waals surface area contributed by atoms with E-state index in [1.165, 1.54) is 26.7 Å². The first-order valence-electron chi connectivity index (χ1n) is 47.2. The average molecular weight is 1750 g/mol. The minimum atomic E-state index is -0.171. The maximum absolute atomic E-state index is 14.3. The number of urea groups is 2.